The number of benzene rings is 1. The van der Waals surface area contributed by atoms with Gasteiger partial charge >= 0.3 is 0 Å². The highest BCUT2D eigenvalue weighted by molar-refractivity contribution is 7.13. The lowest BCUT2D eigenvalue weighted by atomic mass is 10.2. The van der Waals surface area contributed by atoms with Gasteiger partial charge in [0, 0.05) is 23.7 Å². The Morgan fingerprint density at radius 1 is 1.16 bits per heavy atom. The number of fused-ring (bicyclic) bond motifs is 1. The van der Waals surface area contributed by atoms with E-state index in [9.17, 15) is 4.79 Å². The van der Waals surface area contributed by atoms with Crippen LogP contribution < -0.4 is 9.47 Å². The molecule has 0 aliphatic carbocycles. The molecule has 32 heavy (non-hydrogen) atoms. The topological polar surface area (TPSA) is 81.9 Å². The van der Waals surface area contributed by atoms with E-state index in [1.54, 1.807) is 14.2 Å². The lowest BCUT2D eigenvalue weighted by Crippen LogP contribution is -2.32. The maximum absolute atomic E-state index is 13.2. The van der Waals surface area contributed by atoms with Crippen molar-refractivity contribution >= 4 is 22.9 Å². The van der Waals surface area contributed by atoms with Crippen molar-refractivity contribution in [1.29, 1.82) is 0 Å². The smallest absolute Gasteiger partial charge is 0.229 e. The van der Waals surface area contributed by atoms with Gasteiger partial charge in [0.05, 0.1) is 32.4 Å². The van der Waals surface area contributed by atoms with Crippen LogP contribution in [0.5, 0.6) is 11.5 Å². The van der Waals surface area contributed by atoms with E-state index in [0.717, 1.165) is 47.1 Å². The average molecular weight is 450 g/mol. The minimum atomic E-state index is -0.0659. The van der Waals surface area contributed by atoms with E-state index in [1.807, 2.05) is 57.3 Å². The Morgan fingerprint density at radius 3 is 2.88 bits per heavy atom. The quantitative estimate of drug-likeness (QED) is 0.446. The van der Waals surface area contributed by atoms with Gasteiger partial charge in [-0.15, -0.1) is 21.5 Å². The molecule has 1 saturated heterocycles. The Labute approximate surface area is 189 Å². The number of aromatic nitrogens is 4. The molecule has 1 aliphatic rings. The van der Waals surface area contributed by atoms with E-state index in [0.29, 0.717) is 11.5 Å². The Balaban J connectivity index is 1.34. The second-order valence-corrected chi connectivity index (χ2v) is 8.48. The minimum absolute atomic E-state index is 0.0596. The van der Waals surface area contributed by atoms with Gasteiger partial charge < -0.3 is 14.4 Å². The average Bonchev–Trinajstić information content (AvgIpc) is 3.57. The molecular formula is C23H23N5O3S. The number of pyridine rings is 1. The molecule has 0 radical (unpaired) electrons. The highest BCUT2D eigenvalue weighted by Gasteiger charge is 2.33. The number of amides is 1. The van der Waals surface area contributed by atoms with Crippen molar-refractivity contribution in [1.82, 2.24) is 24.5 Å². The van der Waals surface area contributed by atoms with Crippen molar-refractivity contribution in [3.05, 3.63) is 59.5 Å². The van der Waals surface area contributed by atoms with Crippen molar-refractivity contribution in [3.8, 4) is 22.1 Å². The zero-order valence-corrected chi connectivity index (χ0v) is 18.7. The summed E-state index contributed by atoms with van der Waals surface area (Å²) in [6, 6.07) is 11.4. The fourth-order valence-electron chi connectivity index (χ4n) is 4.17. The summed E-state index contributed by atoms with van der Waals surface area (Å²) in [6.45, 7) is 0.720. The molecule has 4 aromatic rings. The molecule has 4 heterocycles. The summed E-state index contributed by atoms with van der Waals surface area (Å²) in [6.07, 6.45) is 4.04. The lowest BCUT2D eigenvalue weighted by molar-refractivity contribution is -0.131. The third-order valence-corrected chi connectivity index (χ3v) is 6.67. The minimum Gasteiger partial charge on any atom is -0.493 e. The van der Waals surface area contributed by atoms with E-state index in [1.165, 1.54) is 11.3 Å². The third kappa shape index (κ3) is 3.69. The molecular weight excluding hydrogens is 426 g/mol. The third-order valence-electron chi connectivity index (χ3n) is 5.73. The van der Waals surface area contributed by atoms with Crippen LogP contribution in [0.2, 0.25) is 0 Å². The van der Waals surface area contributed by atoms with Crippen LogP contribution in [-0.4, -0.2) is 51.2 Å². The molecule has 0 saturated carbocycles. The van der Waals surface area contributed by atoms with Crippen LogP contribution >= 0.6 is 11.3 Å². The highest BCUT2D eigenvalue weighted by Crippen LogP contribution is 2.34. The summed E-state index contributed by atoms with van der Waals surface area (Å²) in [7, 11) is 3.22. The van der Waals surface area contributed by atoms with Crippen LogP contribution in [0.4, 0.5) is 0 Å². The molecule has 3 aromatic heterocycles. The van der Waals surface area contributed by atoms with Gasteiger partial charge in [0.2, 0.25) is 5.91 Å². The van der Waals surface area contributed by atoms with E-state index in [2.05, 4.69) is 10.2 Å². The predicted molar refractivity (Wildman–Crippen MR) is 121 cm³/mol. The standard InChI is InChI=1S/C23H23N5O3S/c1-30-18-9-8-15(12-19(18)31-2)23-24-16(14-32-23)13-21(29)27-11-5-6-17(27)22-26-25-20-7-3-4-10-28(20)22/h3-4,7-10,12,14,17H,5-6,11,13H2,1-2H3. The Hall–Kier alpha value is -3.46. The molecule has 8 nitrogen and oxygen atoms in total. The van der Waals surface area contributed by atoms with Gasteiger partial charge in [-0.3, -0.25) is 9.20 Å². The van der Waals surface area contributed by atoms with E-state index in [-0.39, 0.29) is 18.4 Å². The van der Waals surface area contributed by atoms with Gasteiger partial charge in [0.1, 0.15) is 5.01 Å². The zero-order valence-electron chi connectivity index (χ0n) is 17.9. The maximum atomic E-state index is 13.2. The molecule has 1 fully saturated rings. The molecule has 1 aliphatic heterocycles. The molecule has 0 bridgehead atoms. The number of hydrogen-bond donors (Lipinski definition) is 0. The fraction of sp³-hybridized carbons (Fsp3) is 0.304. The SMILES string of the molecule is COc1ccc(-c2nc(CC(=O)N3CCCC3c3nnc4ccccn34)cs2)cc1OC. The second-order valence-electron chi connectivity index (χ2n) is 7.62. The van der Waals surface area contributed by atoms with Crippen molar-refractivity contribution in [2.24, 2.45) is 0 Å². The summed E-state index contributed by atoms with van der Waals surface area (Å²) in [5.74, 6) is 2.20. The van der Waals surface area contributed by atoms with Crippen molar-refractivity contribution in [2.45, 2.75) is 25.3 Å². The molecule has 164 valence electrons. The van der Waals surface area contributed by atoms with Crippen LogP contribution in [0.15, 0.2) is 48.0 Å². The van der Waals surface area contributed by atoms with Gasteiger partial charge in [-0.25, -0.2) is 4.98 Å². The number of carbonyl (C=O) groups excluding carboxylic acids is 1. The van der Waals surface area contributed by atoms with Crippen LogP contribution in [0.1, 0.15) is 30.4 Å². The number of rotatable bonds is 6. The first-order valence-corrected chi connectivity index (χ1v) is 11.3. The van der Waals surface area contributed by atoms with Gasteiger partial charge in [-0.1, -0.05) is 6.07 Å². The first-order valence-electron chi connectivity index (χ1n) is 10.4. The Kier molecular flexibility index (Phi) is 5.48. The first-order chi connectivity index (χ1) is 15.7. The fourth-order valence-corrected chi connectivity index (χ4v) is 4.98. The number of likely N-dealkylation sites (tertiary alicyclic amines) is 1. The summed E-state index contributed by atoms with van der Waals surface area (Å²) in [5, 5.41) is 11.4. The van der Waals surface area contributed by atoms with Gasteiger partial charge in [-0.05, 0) is 43.2 Å². The molecule has 0 N–H and O–H groups in total. The summed E-state index contributed by atoms with van der Waals surface area (Å²) in [5.41, 5.74) is 2.49. The number of carbonyl (C=O) groups is 1. The zero-order chi connectivity index (χ0) is 22.1. The normalized spacial score (nSPS) is 15.9. The monoisotopic (exact) mass is 449 g/mol. The summed E-state index contributed by atoms with van der Waals surface area (Å²) < 4.78 is 12.7. The number of ether oxygens (including phenoxy) is 2. The van der Waals surface area contributed by atoms with Crippen LogP contribution in [0.3, 0.4) is 0 Å². The van der Waals surface area contributed by atoms with Crippen LogP contribution in [-0.2, 0) is 11.2 Å². The van der Waals surface area contributed by atoms with Crippen LogP contribution in [0, 0.1) is 0 Å². The van der Waals surface area contributed by atoms with Crippen molar-refractivity contribution in [3.63, 3.8) is 0 Å². The Bertz CT molecular complexity index is 1270. The van der Waals surface area contributed by atoms with Gasteiger partial charge in [-0.2, -0.15) is 0 Å². The van der Waals surface area contributed by atoms with Gasteiger partial charge in [0.15, 0.2) is 23.0 Å². The predicted octanol–water partition coefficient (Wildman–Crippen LogP) is 3.78. The Morgan fingerprint density at radius 2 is 2.03 bits per heavy atom. The number of methoxy groups -OCH3 is 2. The largest absolute Gasteiger partial charge is 0.493 e. The molecule has 9 heteroatoms. The maximum Gasteiger partial charge on any atom is 0.229 e. The molecule has 0 spiro atoms. The number of nitrogens with zero attached hydrogens (tertiary/aromatic N) is 5. The number of thiazole rings is 1. The van der Waals surface area contributed by atoms with Crippen molar-refractivity contribution in [2.75, 3.05) is 20.8 Å². The molecule has 1 unspecified atom stereocenters. The van der Waals surface area contributed by atoms with Crippen molar-refractivity contribution < 1.29 is 14.3 Å². The molecule has 1 aromatic carbocycles. The van der Waals surface area contributed by atoms with Gasteiger partial charge in [0.25, 0.3) is 0 Å². The molecule has 5 rings (SSSR count). The molecule has 1 atom stereocenters. The summed E-state index contributed by atoms with van der Waals surface area (Å²) >= 11 is 1.52. The molecule has 1 amide bonds. The first kappa shape index (κ1) is 20.4. The highest BCUT2D eigenvalue weighted by atomic mass is 32.1. The summed E-state index contributed by atoms with van der Waals surface area (Å²) in [4.78, 5) is 19.8. The van der Waals surface area contributed by atoms with E-state index < -0.39 is 0 Å². The lowest BCUT2D eigenvalue weighted by Gasteiger charge is -2.23. The number of hydrogen-bond acceptors (Lipinski definition) is 7. The second kappa shape index (κ2) is 8.58. The van der Waals surface area contributed by atoms with Crippen LogP contribution in [0.25, 0.3) is 16.2 Å². The van der Waals surface area contributed by atoms with E-state index in [4.69, 9.17) is 14.5 Å². The van der Waals surface area contributed by atoms with E-state index >= 15 is 0 Å².